The quantitative estimate of drug-likeness (QED) is 0.166. The van der Waals surface area contributed by atoms with Crippen LogP contribution in [0.5, 0.6) is 0 Å². The molecule has 12 aromatic rings. The van der Waals surface area contributed by atoms with E-state index >= 15 is 0 Å². The Morgan fingerprint density at radius 2 is 0.789 bits per heavy atom. The van der Waals surface area contributed by atoms with E-state index < -0.39 is 5.41 Å². The topological polar surface area (TPSA) is 9.86 Å². The first-order valence-electron chi connectivity index (χ1n) is 25.4. The average molecular weight is 929 g/mol. The molecule has 340 valence electrons. The molecule has 0 bridgehead atoms. The van der Waals surface area contributed by atoms with Gasteiger partial charge in [0.05, 0.1) is 22.1 Å². The molecular formula is C68H52N2S. The molecule has 0 spiro atoms. The van der Waals surface area contributed by atoms with Gasteiger partial charge in [-0.1, -0.05) is 131 Å². The van der Waals surface area contributed by atoms with Crippen molar-refractivity contribution in [2.45, 2.75) is 65.2 Å². The van der Waals surface area contributed by atoms with Crippen molar-refractivity contribution in [3.8, 4) is 22.5 Å². The highest BCUT2D eigenvalue weighted by atomic mass is 32.1. The molecule has 71 heavy (non-hydrogen) atoms. The summed E-state index contributed by atoms with van der Waals surface area (Å²) in [6.45, 7) is 13.9. The maximum atomic E-state index is 2.60. The third kappa shape index (κ3) is 5.42. The number of thiophene rings is 1. The second-order valence-corrected chi connectivity index (χ2v) is 22.3. The molecule has 3 heterocycles. The molecule has 15 rings (SSSR count). The lowest BCUT2D eigenvalue weighted by molar-refractivity contribution is 0.658. The molecule has 0 radical (unpaired) electrons. The van der Waals surface area contributed by atoms with E-state index in [-0.39, 0.29) is 5.41 Å². The average Bonchev–Trinajstić information content (AvgIpc) is 4.16. The Hall–Kier alpha value is -7.72. The molecule has 0 fully saturated rings. The van der Waals surface area contributed by atoms with Crippen molar-refractivity contribution in [2.24, 2.45) is 0 Å². The first-order valence-corrected chi connectivity index (χ1v) is 26.2. The zero-order chi connectivity index (χ0) is 47.7. The summed E-state index contributed by atoms with van der Waals surface area (Å²) in [6, 6.07) is 66.0. The minimum Gasteiger partial charge on any atom is -0.309 e. The van der Waals surface area contributed by atoms with Crippen LogP contribution in [0.15, 0.2) is 188 Å². The molecule has 0 saturated heterocycles. The molecule has 1 unspecified atom stereocenters. The van der Waals surface area contributed by atoms with Crippen molar-refractivity contribution < 1.29 is 0 Å². The van der Waals surface area contributed by atoms with Crippen LogP contribution in [-0.2, 0) is 10.8 Å². The van der Waals surface area contributed by atoms with Gasteiger partial charge in [-0.15, -0.1) is 11.3 Å². The Labute approximate surface area is 418 Å². The molecule has 3 aliphatic rings. The zero-order valence-electron chi connectivity index (χ0n) is 41.0. The summed E-state index contributed by atoms with van der Waals surface area (Å²) in [5.74, 6) is 0. The molecule has 3 heteroatoms. The van der Waals surface area contributed by atoms with Crippen LogP contribution in [0.3, 0.4) is 0 Å². The zero-order valence-corrected chi connectivity index (χ0v) is 41.9. The van der Waals surface area contributed by atoms with Crippen molar-refractivity contribution in [1.29, 1.82) is 0 Å². The molecule has 3 aliphatic carbocycles. The summed E-state index contributed by atoms with van der Waals surface area (Å²) in [5, 5.41) is 7.80. The van der Waals surface area contributed by atoms with E-state index in [0.29, 0.717) is 0 Å². The molecule has 0 aliphatic heterocycles. The third-order valence-electron chi connectivity index (χ3n) is 17.1. The van der Waals surface area contributed by atoms with Crippen LogP contribution in [0.1, 0.15) is 82.3 Å². The highest BCUT2D eigenvalue weighted by molar-refractivity contribution is 7.26. The highest BCUT2D eigenvalue weighted by Gasteiger charge is 2.45. The molecule has 2 nitrogen and oxygen atoms in total. The first kappa shape index (κ1) is 41.1. The predicted molar refractivity (Wildman–Crippen MR) is 303 cm³/mol. The van der Waals surface area contributed by atoms with Gasteiger partial charge in [0.25, 0.3) is 0 Å². The fraction of sp³-hybridized carbons (Fsp3) is 0.147. The lowest BCUT2D eigenvalue weighted by atomic mass is 9.71. The van der Waals surface area contributed by atoms with Crippen molar-refractivity contribution in [1.82, 2.24) is 9.13 Å². The Morgan fingerprint density at radius 1 is 0.394 bits per heavy atom. The minimum atomic E-state index is -0.437. The molecule has 0 amide bonds. The smallest absolute Gasteiger partial charge is 0.0541 e. The van der Waals surface area contributed by atoms with Gasteiger partial charge in [-0.2, -0.15) is 0 Å². The van der Waals surface area contributed by atoms with Gasteiger partial charge in [0.15, 0.2) is 0 Å². The molecule has 0 N–H and O–H groups in total. The van der Waals surface area contributed by atoms with Crippen LogP contribution in [0.25, 0.3) is 91.9 Å². The minimum absolute atomic E-state index is 0.361. The van der Waals surface area contributed by atoms with Crippen molar-refractivity contribution in [2.75, 3.05) is 0 Å². The third-order valence-corrected chi connectivity index (χ3v) is 18.4. The summed E-state index contributed by atoms with van der Waals surface area (Å²) in [4.78, 5) is 0. The summed E-state index contributed by atoms with van der Waals surface area (Å²) in [5.41, 5.74) is 25.5. The standard InChI is InChI=1S/C68H52N2S/c1-39-23-27-61-49(31-39)50-32-40(2)24-28-62(50)69(61)43-35-53-54-36-44(70-63-29-25-41(3)33-51(63)52-34-42(4)26-30-64(52)70)38-60(68(6)57-21-13-9-17-47(57)48-18-10-14-22-58(48)68)66(54)71-65(53)59(37-43)67(5)55-19-11-7-15-45(55)46-16-8-12-20-56(46)67/h7-13,15-21,23-38H,14,22H2,1-6H3. The van der Waals surface area contributed by atoms with Crippen LogP contribution in [0, 0.1) is 27.7 Å². The number of nitrogens with zero attached hydrogens (tertiary/aromatic N) is 2. The van der Waals surface area contributed by atoms with Crippen LogP contribution >= 0.6 is 11.3 Å². The normalized spacial score (nSPS) is 16.8. The van der Waals surface area contributed by atoms with Crippen LogP contribution in [0.4, 0.5) is 0 Å². The maximum Gasteiger partial charge on any atom is 0.0541 e. The summed E-state index contributed by atoms with van der Waals surface area (Å²) < 4.78 is 7.86. The number of allylic oxidation sites excluding steroid dienone is 4. The van der Waals surface area contributed by atoms with Gasteiger partial charge in [-0.3, -0.25) is 0 Å². The van der Waals surface area contributed by atoms with Crippen LogP contribution in [0.2, 0.25) is 0 Å². The largest absolute Gasteiger partial charge is 0.309 e. The van der Waals surface area contributed by atoms with Crippen LogP contribution in [-0.4, -0.2) is 9.13 Å². The van der Waals surface area contributed by atoms with E-state index in [1.165, 1.54) is 153 Å². The lowest BCUT2D eigenvalue weighted by Gasteiger charge is -2.32. The van der Waals surface area contributed by atoms with Crippen LogP contribution < -0.4 is 0 Å². The highest BCUT2D eigenvalue weighted by Crippen LogP contribution is 2.59. The molecule has 3 aromatic heterocycles. The number of hydrogen-bond donors (Lipinski definition) is 0. The molecule has 0 saturated carbocycles. The number of benzene rings is 9. The van der Waals surface area contributed by atoms with Gasteiger partial charge in [0.1, 0.15) is 0 Å². The van der Waals surface area contributed by atoms with Gasteiger partial charge in [-0.05, 0) is 183 Å². The SMILES string of the molecule is Cc1ccc2c(c1)c1cc(C)ccc1n2-c1cc(C2(C)C3=C(C=CCC3)c3ccccc32)c2sc3c(C4(C)c5ccccc5-c5ccccc54)cc(-n4c5ccc(C)cc5c5cc(C)ccc54)cc3c2c1. The van der Waals surface area contributed by atoms with E-state index in [1.807, 2.05) is 11.3 Å². The van der Waals surface area contributed by atoms with E-state index in [4.69, 9.17) is 0 Å². The summed E-state index contributed by atoms with van der Waals surface area (Å²) >= 11 is 2.02. The molecular weight excluding hydrogens is 877 g/mol. The number of aryl methyl sites for hydroxylation is 4. The summed E-state index contributed by atoms with van der Waals surface area (Å²) in [7, 11) is 0. The fourth-order valence-electron chi connectivity index (χ4n) is 13.8. The van der Waals surface area contributed by atoms with E-state index in [1.54, 1.807) is 0 Å². The van der Waals surface area contributed by atoms with Gasteiger partial charge < -0.3 is 9.13 Å². The second-order valence-electron chi connectivity index (χ2n) is 21.3. The predicted octanol–water partition coefficient (Wildman–Crippen LogP) is 18.2. The van der Waals surface area contributed by atoms with Crippen molar-refractivity contribution in [3.63, 3.8) is 0 Å². The van der Waals surface area contributed by atoms with E-state index in [0.717, 1.165) is 12.8 Å². The Kier molecular flexibility index (Phi) is 8.36. The number of aromatic nitrogens is 2. The molecule has 1 atom stereocenters. The molecule has 9 aromatic carbocycles. The fourth-order valence-corrected chi connectivity index (χ4v) is 15.3. The van der Waals surface area contributed by atoms with E-state index in [9.17, 15) is 0 Å². The first-order chi connectivity index (χ1) is 34.6. The maximum absolute atomic E-state index is 2.60. The van der Waals surface area contributed by atoms with Crippen molar-refractivity contribution in [3.05, 3.63) is 243 Å². The van der Waals surface area contributed by atoms with Gasteiger partial charge in [0, 0.05) is 63.9 Å². The Bertz CT molecular complexity index is 4260. The van der Waals surface area contributed by atoms with Gasteiger partial charge in [0.2, 0.25) is 0 Å². The summed E-state index contributed by atoms with van der Waals surface area (Å²) in [6.07, 6.45) is 6.89. The number of fused-ring (bicyclic) bond motifs is 14. The van der Waals surface area contributed by atoms with E-state index in [2.05, 4.69) is 233 Å². The lowest BCUT2D eigenvalue weighted by Crippen LogP contribution is -2.25. The van der Waals surface area contributed by atoms with Gasteiger partial charge >= 0.3 is 0 Å². The Balaban J connectivity index is 1.14. The number of hydrogen-bond acceptors (Lipinski definition) is 1. The second kappa shape index (κ2) is 14.4. The monoisotopic (exact) mass is 928 g/mol. The Morgan fingerprint density at radius 3 is 1.24 bits per heavy atom. The van der Waals surface area contributed by atoms with Gasteiger partial charge in [-0.25, -0.2) is 0 Å². The van der Waals surface area contributed by atoms with Crippen molar-refractivity contribution >= 4 is 80.7 Å². The number of rotatable bonds is 4.